The molecule has 5 nitrogen and oxygen atoms in total. The number of rotatable bonds is 4. The summed E-state index contributed by atoms with van der Waals surface area (Å²) in [6.45, 7) is 2.18. The minimum Gasteiger partial charge on any atom is -0.348 e. The standard InChI is InChI=1S/C14H18Cl2N2O3S/c1-9(11-6-5-10(15)8-12(11)16)17-14(19)13-4-3-7-18(13)22(2,20)21/h5-6,8-9,13H,3-4,7H2,1-2H3,(H,17,19). The molecule has 122 valence electrons. The number of benzene rings is 1. The van der Waals surface area contributed by atoms with Gasteiger partial charge in [-0.25, -0.2) is 8.42 Å². The molecule has 1 amide bonds. The average Bonchev–Trinajstić information content (AvgIpc) is 2.87. The molecular formula is C14H18Cl2N2O3S. The molecule has 2 unspecified atom stereocenters. The SMILES string of the molecule is CC(NC(=O)C1CCCN1S(C)(=O)=O)c1ccc(Cl)cc1Cl. The van der Waals surface area contributed by atoms with Crippen LogP contribution in [0.25, 0.3) is 0 Å². The van der Waals surface area contributed by atoms with Crippen molar-refractivity contribution in [2.75, 3.05) is 12.8 Å². The first-order chi connectivity index (χ1) is 10.2. The minimum atomic E-state index is -3.38. The molecule has 0 aromatic heterocycles. The van der Waals surface area contributed by atoms with Crippen molar-refractivity contribution < 1.29 is 13.2 Å². The van der Waals surface area contributed by atoms with Crippen molar-refractivity contribution in [2.24, 2.45) is 0 Å². The highest BCUT2D eigenvalue weighted by Crippen LogP contribution is 2.27. The lowest BCUT2D eigenvalue weighted by molar-refractivity contribution is -0.124. The molecule has 0 bridgehead atoms. The summed E-state index contributed by atoms with van der Waals surface area (Å²) in [4.78, 5) is 12.4. The molecule has 0 aliphatic carbocycles. The number of carbonyl (C=O) groups excluding carboxylic acids is 1. The maximum absolute atomic E-state index is 12.4. The maximum Gasteiger partial charge on any atom is 0.238 e. The van der Waals surface area contributed by atoms with Gasteiger partial charge in [0.05, 0.1) is 12.3 Å². The van der Waals surface area contributed by atoms with Crippen LogP contribution in [-0.4, -0.2) is 37.5 Å². The van der Waals surface area contributed by atoms with Crippen molar-refractivity contribution in [3.8, 4) is 0 Å². The Morgan fingerprint density at radius 2 is 2.09 bits per heavy atom. The number of nitrogens with one attached hydrogen (secondary N) is 1. The average molecular weight is 365 g/mol. The van der Waals surface area contributed by atoms with Gasteiger partial charge in [0, 0.05) is 16.6 Å². The summed E-state index contributed by atoms with van der Waals surface area (Å²) in [6, 6.07) is 4.07. The minimum absolute atomic E-state index is 0.304. The Hall–Kier alpha value is -0.820. The fraction of sp³-hybridized carbons (Fsp3) is 0.500. The van der Waals surface area contributed by atoms with E-state index in [9.17, 15) is 13.2 Å². The Morgan fingerprint density at radius 3 is 2.68 bits per heavy atom. The van der Waals surface area contributed by atoms with E-state index in [0.717, 1.165) is 11.8 Å². The van der Waals surface area contributed by atoms with E-state index in [-0.39, 0.29) is 11.9 Å². The lowest BCUT2D eigenvalue weighted by atomic mass is 10.1. The van der Waals surface area contributed by atoms with Crippen LogP contribution in [0.3, 0.4) is 0 Å². The number of sulfonamides is 1. The second-order valence-electron chi connectivity index (χ2n) is 5.43. The van der Waals surface area contributed by atoms with Gasteiger partial charge in [0.25, 0.3) is 0 Å². The van der Waals surface area contributed by atoms with Gasteiger partial charge in [-0.2, -0.15) is 4.31 Å². The van der Waals surface area contributed by atoms with Crippen LogP contribution in [0.4, 0.5) is 0 Å². The van der Waals surface area contributed by atoms with Gasteiger partial charge < -0.3 is 5.32 Å². The van der Waals surface area contributed by atoms with Gasteiger partial charge in [-0.15, -0.1) is 0 Å². The monoisotopic (exact) mass is 364 g/mol. The van der Waals surface area contributed by atoms with E-state index in [1.54, 1.807) is 25.1 Å². The molecule has 1 aliphatic rings. The molecule has 2 atom stereocenters. The van der Waals surface area contributed by atoms with Gasteiger partial charge in [-0.05, 0) is 37.5 Å². The summed E-state index contributed by atoms with van der Waals surface area (Å²) in [7, 11) is -3.38. The summed E-state index contributed by atoms with van der Waals surface area (Å²) in [5.74, 6) is -0.304. The summed E-state index contributed by atoms with van der Waals surface area (Å²) < 4.78 is 24.7. The van der Waals surface area contributed by atoms with Crippen LogP contribution in [0.15, 0.2) is 18.2 Å². The van der Waals surface area contributed by atoms with Gasteiger partial charge in [0.15, 0.2) is 0 Å². The lowest BCUT2D eigenvalue weighted by Crippen LogP contribution is -2.46. The quantitative estimate of drug-likeness (QED) is 0.892. The molecule has 1 aliphatic heterocycles. The molecule has 0 spiro atoms. The smallest absolute Gasteiger partial charge is 0.238 e. The van der Waals surface area contributed by atoms with Crippen molar-refractivity contribution in [3.63, 3.8) is 0 Å². The Morgan fingerprint density at radius 1 is 1.41 bits per heavy atom. The second-order valence-corrected chi connectivity index (χ2v) is 8.21. The first kappa shape index (κ1) is 17.5. The number of halogens is 2. The van der Waals surface area contributed by atoms with E-state index >= 15 is 0 Å². The van der Waals surface area contributed by atoms with Crippen molar-refractivity contribution in [1.29, 1.82) is 0 Å². The zero-order valence-corrected chi connectivity index (χ0v) is 14.7. The van der Waals surface area contributed by atoms with Crippen LogP contribution in [0.2, 0.25) is 10.0 Å². The topological polar surface area (TPSA) is 66.5 Å². The molecule has 8 heteroatoms. The summed E-state index contributed by atoms with van der Waals surface area (Å²) in [5.41, 5.74) is 0.739. The fourth-order valence-electron chi connectivity index (χ4n) is 2.64. The lowest BCUT2D eigenvalue weighted by Gasteiger charge is -2.24. The molecule has 1 heterocycles. The molecule has 1 aromatic rings. The summed E-state index contributed by atoms with van der Waals surface area (Å²) >= 11 is 12.0. The van der Waals surface area contributed by atoms with Crippen molar-refractivity contribution >= 4 is 39.1 Å². The highest BCUT2D eigenvalue weighted by molar-refractivity contribution is 7.88. The molecule has 1 aromatic carbocycles. The van der Waals surface area contributed by atoms with Crippen molar-refractivity contribution in [2.45, 2.75) is 31.8 Å². The molecule has 0 saturated carbocycles. The highest BCUT2D eigenvalue weighted by Gasteiger charge is 2.36. The van der Waals surface area contributed by atoms with E-state index in [0.29, 0.717) is 29.4 Å². The van der Waals surface area contributed by atoms with Crippen LogP contribution in [0.1, 0.15) is 31.4 Å². The molecule has 2 rings (SSSR count). The van der Waals surface area contributed by atoms with Crippen molar-refractivity contribution in [3.05, 3.63) is 33.8 Å². The van der Waals surface area contributed by atoms with E-state index in [4.69, 9.17) is 23.2 Å². The molecule has 0 radical (unpaired) electrons. The zero-order chi connectivity index (χ0) is 16.5. The van der Waals surface area contributed by atoms with E-state index in [2.05, 4.69) is 5.32 Å². The normalized spacial score (nSPS) is 20.8. The highest BCUT2D eigenvalue weighted by atomic mass is 35.5. The van der Waals surface area contributed by atoms with Crippen LogP contribution in [0, 0.1) is 0 Å². The summed E-state index contributed by atoms with van der Waals surface area (Å²) in [6.07, 6.45) is 2.33. The summed E-state index contributed by atoms with van der Waals surface area (Å²) in [5, 5.41) is 3.81. The number of nitrogens with zero attached hydrogens (tertiary/aromatic N) is 1. The Bertz CT molecular complexity index is 679. The first-order valence-electron chi connectivity index (χ1n) is 6.92. The predicted molar refractivity (Wildman–Crippen MR) is 87.6 cm³/mol. The number of carbonyl (C=O) groups is 1. The van der Waals surface area contributed by atoms with Crippen molar-refractivity contribution in [1.82, 2.24) is 9.62 Å². The third-order valence-corrected chi connectivity index (χ3v) is 5.57. The van der Waals surface area contributed by atoms with Crippen LogP contribution in [-0.2, 0) is 14.8 Å². The fourth-order valence-corrected chi connectivity index (χ4v) is 4.34. The van der Waals surface area contributed by atoms with E-state index in [1.165, 1.54) is 4.31 Å². The third-order valence-electron chi connectivity index (χ3n) is 3.72. The van der Waals surface area contributed by atoms with Gasteiger partial charge in [-0.1, -0.05) is 29.3 Å². The number of hydrogen-bond donors (Lipinski definition) is 1. The van der Waals surface area contributed by atoms with Gasteiger partial charge in [0.2, 0.25) is 15.9 Å². The van der Waals surface area contributed by atoms with Crippen LogP contribution >= 0.6 is 23.2 Å². The third kappa shape index (κ3) is 3.93. The molecule has 22 heavy (non-hydrogen) atoms. The predicted octanol–water partition coefficient (Wildman–Crippen LogP) is 2.59. The van der Waals surface area contributed by atoms with Gasteiger partial charge in [-0.3, -0.25) is 4.79 Å². The first-order valence-corrected chi connectivity index (χ1v) is 9.52. The molecule has 1 fully saturated rings. The number of amides is 1. The zero-order valence-electron chi connectivity index (χ0n) is 12.3. The molecule has 1 saturated heterocycles. The van der Waals surface area contributed by atoms with Crippen LogP contribution in [0.5, 0.6) is 0 Å². The number of hydrogen-bond acceptors (Lipinski definition) is 3. The van der Waals surface area contributed by atoms with Gasteiger partial charge >= 0.3 is 0 Å². The van der Waals surface area contributed by atoms with E-state index in [1.807, 2.05) is 0 Å². The molecule has 1 N–H and O–H groups in total. The second kappa shape index (κ2) is 6.74. The Labute approximate surface area is 140 Å². The van der Waals surface area contributed by atoms with Gasteiger partial charge in [0.1, 0.15) is 6.04 Å². The Kier molecular flexibility index (Phi) is 5.37. The Balaban J connectivity index is 2.11. The van der Waals surface area contributed by atoms with Crippen LogP contribution < -0.4 is 5.32 Å². The maximum atomic E-state index is 12.4. The van der Waals surface area contributed by atoms with E-state index < -0.39 is 16.1 Å². The largest absolute Gasteiger partial charge is 0.348 e. The molecular weight excluding hydrogens is 347 g/mol.